The lowest BCUT2D eigenvalue weighted by Crippen LogP contribution is -2.28. The van der Waals surface area contributed by atoms with Gasteiger partial charge in [-0.1, -0.05) is 54.6 Å². The first-order valence-electron chi connectivity index (χ1n) is 10.8. The smallest absolute Gasteiger partial charge is 0.298 e. The highest BCUT2D eigenvalue weighted by Crippen LogP contribution is 2.43. The number of aromatic nitrogens is 1. The Bertz CT molecular complexity index is 1480. The van der Waals surface area contributed by atoms with Gasteiger partial charge in [-0.2, -0.15) is 13.2 Å². The number of carbonyl (C=O) groups is 1. The number of nitrogens with zero attached hydrogens (tertiary/aromatic N) is 1. The molecule has 0 saturated carbocycles. The Morgan fingerprint density at radius 3 is 2.50 bits per heavy atom. The zero-order valence-corrected chi connectivity index (χ0v) is 19.0. The molecule has 3 nitrogen and oxygen atoms in total. The molecule has 0 radical (unpaired) electrons. The second kappa shape index (κ2) is 8.47. The number of Topliss-reactive ketones (excluding diaryl/α,β-unsaturated/α-hetero) is 1. The largest absolute Gasteiger partial charge is 0.416 e. The van der Waals surface area contributed by atoms with Crippen molar-refractivity contribution in [3.8, 4) is 11.1 Å². The topological polar surface area (TPSA) is 39.1 Å². The highest BCUT2D eigenvalue weighted by Gasteiger charge is 2.33. The third kappa shape index (κ3) is 3.94. The van der Waals surface area contributed by atoms with Crippen LogP contribution in [0.25, 0.3) is 21.9 Å². The molecular weight excluding hydrogens is 459 g/mol. The van der Waals surface area contributed by atoms with Gasteiger partial charge < -0.3 is 0 Å². The van der Waals surface area contributed by atoms with Crippen molar-refractivity contribution in [2.75, 3.05) is 5.75 Å². The summed E-state index contributed by atoms with van der Waals surface area (Å²) in [5.74, 6) is 0.235. The summed E-state index contributed by atoms with van der Waals surface area (Å²) in [6.07, 6.45) is -4.11. The number of carbonyl (C=O) groups excluding carboxylic acids is 1. The van der Waals surface area contributed by atoms with Crippen LogP contribution in [0.5, 0.6) is 0 Å². The lowest BCUT2D eigenvalue weighted by molar-refractivity contribution is -0.137. The maximum atomic E-state index is 13.5. The van der Waals surface area contributed by atoms with E-state index in [-0.39, 0.29) is 11.3 Å². The molecule has 0 spiro atoms. The third-order valence-corrected chi connectivity index (χ3v) is 7.34. The molecule has 172 valence electrons. The molecule has 0 unspecified atom stereocenters. The number of ketones is 1. The minimum Gasteiger partial charge on any atom is -0.298 e. The van der Waals surface area contributed by atoms with Gasteiger partial charge in [-0.15, -0.1) is 11.8 Å². The Morgan fingerprint density at radius 1 is 1.00 bits per heavy atom. The van der Waals surface area contributed by atoms with Crippen LogP contribution >= 0.6 is 11.8 Å². The summed E-state index contributed by atoms with van der Waals surface area (Å²) in [5.41, 5.74) is 1.51. The highest BCUT2D eigenvalue weighted by molar-refractivity contribution is 7.99. The second-order valence-corrected chi connectivity index (χ2v) is 9.40. The van der Waals surface area contributed by atoms with Crippen molar-refractivity contribution in [1.82, 2.24) is 4.57 Å². The first-order chi connectivity index (χ1) is 16.2. The van der Waals surface area contributed by atoms with E-state index in [1.807, 2.05) is 42.5 Å². The number of pyridine rings is 1. The molecule has 0 saturated heterocycles. The maximum Gasteiger partial charge on any atom is 0.416 e. The summed E-state index contributed by atoms with van der Waals surface area (Å²) >= 11 is 1.34. The Labute approximate surface area is 198 Å². The number of hydrogen-bond donors (Lipinski definition) is 0. The Morgan fingerprint density at radius 2 is 1.74 bits per heavy atom. The van der Waals surface area contributed by atoms with Gasteiger partial charge in [-0.25, -0.2) is 0 Å². The zero-order chi connectivity index (χ0) is 24.0. The van der Waals surface area contributed by atoms with Crippen LogP contribution in [0.1, 0.15) is 29.7 Å². The summed E-state index contributed by atoms with van der Waals surface area (Å²) < 4.78 is 42.0. The van der Waals surface area contributed by atoms with Crippen molar-refractivity contribution >= 4 is 28.3 Å². The van der Waals surface area contributed by atoms with Crippen molar-refractivity contribution in [1.29, 1.82) is 0 Å². The van der Waals surface area contributed by atoms with E-state index in [9.17, 15) is 22.8 Å². The molecule has 2 heterocycles. The van der Waals surface area contributed by atoms with Crippen molar-refractivity contribution in [2.24, 2.45) is 0 Å². The summed E-state index contributed by atoms with van der Waals surface area (Å²) in [5, 5.41) is 2.61. The van der Waals surface area contributed by atoms with Gasteiger partial charge in [0, 0.05) is 17.4 Å². The van der Waals surface area contributed by atoms with Gasteiger partial charge in [0.2, 0.25) is 0 Å². The zero-order valence-electron chi connectivity index (χ0n) is 18.2. The Kier molecular flexibility index (Phi) is 5.60. The van der Waals surface area contributed by atoms with E-state index >= 15 is 0 Å². The first-order valence-corrected chi connectivity index (χ1v) is 11.8. The molecule has 1 atom stereocenters. The number of hydrogen-bond acceptors (Lipinski definition) is 3. The minimum atomic E-state index is -4.49. The molecular formula is C27H20F3NO2S. The molecule has 3 aromatic carbocycles. The molecule has 7 heteroatoms. The normalized spacial score (nSPS) is 15.5. The van der Waals surface area contributed by atoms with Crippen molar-refractivity contribution in [3.63, 3.8) is 0 Å². The Balaban J connectivity index is 1.75. The van der Waals surface area contributed by atoms with Crippen LogP contribution in [0.4, 0.5) is 13.2 Å². The Hall–Kier alpha value is -3.32. The van der Waals surface area contributed by atoms with Crippen LogP contribution in [0.3, 0.4) is 0 Å². The molecule has 0 amide bonds. The van der Waals surface area contributed by atoms with Crippen LogP contribution in [0, 0.1) is 0 Å². The lowest BCUT2D eigenvalue weighted by atomic mass is 9.93. The quantitative estimate of drug-likeness (QED) is 0.335. The summed E-state index contributed by atoms with van der Waals surface area (Å²) in [4.78, 5) is 25.3. The van der Waals surface area contributed by atoms with Crippen molar-refractivity contribution < 1.29 is 18.0 Å². The second-order valence-electron chi connectivity index (χ2n) is 8.39. The lowest BCUT2D eigenvalue weighted by Gasteiger charge is -2.19. The van der Waals surface area contributed by atoms with Crippen molar-refractivity contribution in [3.05, 3.63) is 99.8 Å². The van der Waals surface area contributed by atoms with Crippen LogP contribution in [0.15, 0.2) is 82.6 Å². The number of thioether (sulfide) groups is 1. The van der Waals surface area contributed by atoms with E-state index in [1.54, 1.807) is 6.07 Å². The van der Waals surface area contributed by atoms with Crippen LogP contribution < -0.4 is 5.56 Å². The summed E-state index contributed by atoms with van der Waals surface area (Å²) in [6.45, 7) is 1.43. The van der Waals surface area contributed by atoms with Crippen LogP contribution in [0.2, 0.25) is 0 Å². The monoisotopic (exact) mass is 479 g/mol. The molecule has 1 aromatic heterocycles. The average molecular weight is 480 g/mol. The standard InChI is InChI=1S/C27H20F3NO2S/c1-16(32)23-15-34-26-25(19-9-5-10-21(13-19)27(28,29)30)20(14-24(33)31(23)26)12-18-8-4-7-17-6-2-3-11-22(17)18/h2-11,13-14,23H,12,15H2,1H3/t23-/m0/s1. The number of fused-ring (bicyclic) bond motifs is 2. The van der Waals surface area contributed by atoms with Gasteiger partial charge in [0.25, 0.3) is 5.56 Å². The fourth-order valence-electron chi connectivity index (χ4n) is 4.57. The van der Waals surface area contributed by atoms with Gasteiger partial charge in [-0.05, 0) is 52.9 Å². The molecule has 0 aliphatic carbocycles. The van der Waals surface area contributed by atoms with Gasteiger partial charge in [0.05, 0.1) is 10.6 Å². The molecule has 4 aromatic rings. The SMILES string of the molecule is CC(=O)[C@@H]1CSc2c(-c3cccc(C(F)(F)F)c3)c(Cc3cccc4ccccc34)cc(=O)n21. The predicted molar refractivity (Wildman–Crippen MR) is 128 cm³/mol. The number of benzene rings is 3. The molecule has 0 bridgehead atoms. The molecule has 5 rings (SSSR count). The third-order valence-electron chi connectivity index (χ3n) is 6.19. The number of rotatable bonds is 4. The first kappa shape index (κ1) is 22.5. The molecule has 1 aliphatic rings. The maximum absolute atomic E-state index is 13.5. The molecule has 0 N–H and O–H groups in total. The predicted octanol–water partition coefficient (Wildman–Crippen LogP) is 6.51. The fourth-order valence-corrected chi connectivity index (χ4v) is 6.02. The van der Waals surface area contributed by atoms with Crippen LogP contribution in [-0.2, 0) is 17.4 Å². The minimum absolute atomic E-state index is 0.148. The number of halogens is 3. The molecule has 34 heavy (non-hydrogen) atoms. The van der Waals surface area contributed by atoms with E-state index in [0.717, 1.165) is 28.5 Å². The number of alkyl halides is 3. The van der Waals surface area contributed by atoms with E-state index in [0.29, 0.717) is 33.9 Å². The van der Waals surface area contributed by atoms with Crippen LogP contribution in [-0.4, -0.2) is 16.1 Å². The van der Waals surface area contributed by atoms with E-state index in [4.69, 9.17) is 0 Å². The van der Waals surface area contributed by atoms with Gasteiger partial charge >= 0.3 is 6.18 Å². The van der Waals surface area contributed by atoms with Crippen molar-refractivity contribution in [2.45, 2.75) is 30.6 Å². The highest BCUT2D eigenvalue weighted by atomic mass is 32.2. The van der Waals surface area contributed by atoms with E-state index < -0.39 is 17.8 Å². The summed E-state index contributed by atoms with van der Waals surface area (Å²) in [7, 11) is 0. The van der Waals surface area contributed by atoms with E-state index in [1.165, 1.54) is 35.4 Å². The van der Waals surface area contributed by atoms with Gasteiger partial charge in [0.15, 0.2) is 5.78 Å². The molecule has 1 aliphatic heterocycles. The average Bonchev–Trinajstić information content (AvgIpc) is 3.25. The van der Waals surface area contributed by atoms with Gasteiger partial charge in [-0.3, -0.25) is 14.2 Å². The summed E-state index contributed by atoms with van der Waals surface area (Å²) in [6, 6.07) is 19.8. The fraction of sp³-hybridized carbons (Fsp3) is 0.185. The molecule has 0 fully saturated rings. The van der Waals surface area contributed by atoms with Gasteiger partial charge in [0.1, 0.15) is 6.04 Å². The van der Waals surface area contributed by atoms with E-state index in [2.05, 4.69) is 0 Å².